The maximum Gasteiger partial charge on any atom is 0.236 e. The van der Waals surface area contributed by atoms with Crippen molar-refractivity contribution in [3.05, 3.63) is 48.2 Å². The predicted molar refractivity (Wildman–Crippen MR) is 80.5 cm³/mol. The van der Waals surface area contributed by atoms with Gasteiger partial charge in [-0.2, -0.15) is 0 Å². The summed E-state index contributed by atoms with van der Waals surface area (Å²) in [5.41, 5.74) is 3.70. The Morgan fingerprint density at radius 3 is 3.15 bits per heavy atom. The van der Waals surface area contributed by atoms with Gasteiger partial charge in [0.15, 0.2) is 0 Å². The lowest BCUT2D eigenvalue weighted by Crippen LogP contribution is -2.41. The average molecular weight is 269 g/mol. The van der Waals surface area contributed by atoms with E-state index in [0.29, 0.717) is 19.6 Å². The highest BCUT2D eigenvalue weighted by atomic mass is 16.2. The predicted octanol–water partition coefficient (Wildman–Crippen LogP) is 1.83. The number of fused-ring (bicyclic) bond motifs is 3. The van der Waals surface area contributed by atoms with E-state index in [2.05, 4.69) is 29.0 Å². The van der Waals surface area contributed by atoms with Crippen molar-refractivity contribution < 1.29 is 4.79 Å². The summed E-state index contributed by atoms with van der Waals surface area (Å²) >= 11 is 0. The molecule has 1 aromatic carbocycles. The van der Waals surface area contributed by atoms with Gasteiger partial charge in [0.25, 0.3) is 0 Å². The van der Waals surface area contributed by atoms with E-state index in [9.17, 15) is 4.79 Å². The van der Waals surface area contributed by atoms with Crippen LogP contribution in [0.5, 0.6) is 0 Å². The minimum Gasteiger partial charge on any atom is -0.358 e. The largest absolute Gasteiger partial charge is 0.358 e. The van der Waals surface area contributed by atoms with Crippen molar-refractivity contribution in [3.63, 3.8) is 0 Å². The quantitative estimate of drug-likeness (QED) is 0.657. The average Bonchev–Trinajstić information content (AvgIpc) is 2.85. The first kappa shape index (κ1) is 12.9. The molecule has 3 rings (SSSR count). The number of hydrogen-bond acceptors (Lipinski definition) is 2. The molecule has 20 heavy (non-hydrogen) atoms. The molecule has 0 fully saturated rings. The van der Waals surface area contributed by atoms with E-state index in [1.807, 2.05) is 17.0 Å². The van der Waals surface area contributed by atoms with E-state index in [0.717, 1.165) is 18.5 Å². The lowest BCUT2D eigenvalue weighted by molar-refractivity contribution is -0.131. The van der Waals surface area contributed by atoms with E-state index in [4.69, 9.17) is 0 Å². The number of carbonyl (C=O) groups excluding carboxylic acids is 1. The molecule has 2 heterocycles. The molecule has 0 aliphatic carbocycles. The summed E-state index contributed by atoms with van der Waals surface area (Å²) in [6.45, 7) is 6.17. The molecule has 0 saturated carbocycles. The van der Waals surface area contributed by atoms with Gasteiger partial charge < -0.3 is 15.2 Å². The molecule has 0 unspecified atom stereocenters. The van der Waals surface area contributed by atoms with Gasteiger partial charge in [0, 0.05) is 48.2 Å². The van der Waals surface area contributed by atoms with Crippen molar-refractivity contribution in [3.8, 4) is 0 Å². The number of amides is 1. The van der Waals surface area contributed by atoms with Crippen LogP contribution in [0.2, 0.25) is 0 Å². The fourth-order valence-corrected chi connectivity index (χ4v) is 2.77. The molecule has 2 aromatic rings. The molecule has 4 heteroatoms. The lowest BCUT2D eigenvalue weighted by Gasteiger charge is -2.27. The normalized spacial score (nSPS) is 14.3. The van der Waals surface area contributed by atoms with Crippen LogP contribution in [-0.4, -0.2) is 35.4 Å². The van der Waals surface area contributed by atoms with E-state index >= 15 is 0 Å². The van der Waals surface area contributed by atoms with Gasteiger partial charge in [-0.25, -0.2) is 0 Å². The molecule has 1 amide bonds. The van der Waals surface area contributed by atoms with Gasteiger partial charge in [-0.3, -0.25) is 4.79 Å². The van der Waals surface area contributed by atoms with Gasteiger partial charge in [-0.1, -0.05) is 24.3 Å². The number of benzene rings is 1. The number of nitrogens with one attached hydrogen (secondary N) is 2. The Morgan fingerprint density at radius 2 is 2.30 bits per heavy atom. The summed E-state index contributed by atoms with van der Waals surface area (Å²) in [7, 11) is 0. The Kier molecular flexibility index (Phi) is 3.56. The summed E-state index contributed by atoms with van der Waals surface area (Å²) in [5.74, 6) is 0.155. The zero-order valence-electron chi connectivity index (χ0n) is 11.5. The number of para-hydroxylation sites is 1. The first-order chi connectivity index (χ1) is 9.79. The summed E-state index contributed by atoms with van der Waals surface area (Å²) in [5, 5.41) is 4.31. The third-order valence-electron chi connectivity index (χ3n) is 3.80. The van der Waals surface area contributed by atoms with Crippen molar-refractivity contribution in [2.24, 2.45) is 0 Å². The fourth-order valence-electron chi connectivity index (χ4n) is 2.77. The Balaban J connectivity index is 1.77. The van der Waals surface area contributed by atoms with Gasteiger partial charge in [0.1, 0.15) is 0 Å². The van der Waals surface area contributed by atoms with Crippen LogP contribution >= 0.6 is 0 Å². The summed E-state index contributed by atoms with van der Waals surface area (Å²) in [6, 6.07) is 8.29. The van der Waals surface area contributed by atoms with E-state index in [1.54, 1.807) is 6.08 Å². The summed E-state index contributed by atoms with van der Waals surface area (Å²) in [6.07, 6.45) is 2.67. The highest BCUT2D eigenvalue weighted by Crippen LogP contribution is 2.27. The number of nitrogens with zero attached hydrogens (tertiary/aromatic N) is 1. The number of aromatic nitrogens is 1. The Morgan fingerprint density at radius 1 is 1.45 bits per heavy atom. The minimum atomic E-state index is 0.155. The van der Waals surface area contributed by atoms with Crippen LogP contribution in [0.4, 0.5) is 0 Å². The summed E-state index contributed by atoms with van der Waals surface area (Å²) < 4.78 is 0. The smallest absolute Gasteiger partial charge is 0.236 e. The monoisotopic (exact) mass is 269 g/mol. The number of carbonyl (C=O) groups is 1. The van der Waals surface area contributed by atoms with Crippen molar-refractivity contribution in [1.82, 2.24) is 15.2 Å². The topological polar surface area (TPSA) is 48.1 Å². The Hall–Kier alpha value is -2.07. The van der Waals surface area contributed by atoms with Crippen molar-refractivity contribution in [1.29, 1.82) is 0 Å². The molecule has 0 radical (unpaired) electrons. The maximum absolute atomic E-state index is 12.2. The number of H-pyrrole nitrogens is 1. The molecule has 104 valence electrons. The molecule has 1 aliphatic heterocycles. The molecular weight excluding hydrogens is 250 g/mol. The van der Waals surface area contributed by atoms with Crippen LogP contribution in [0.3, 0.4) is 0 Å². The minimum absolute atomic E-state index is 0.155. The van der Waals surface area contributed by atoms with E-state index in [1.165, 1.54) is 16.6 Å². The molecule has 0 spiro atoms. The standard InChI is InChI=1S/C16H19N3O/c1-2-8-17-10-16(20)19-9-7-15-13(11-19)12-5-3-4-6-14(12)18-15/h2-6,17-18H,1,7-11H2. The lowest BCUT2D eigenvalue weighted by atomic mass is 10.0. The van der Waals surface area contributed by atoms with Crippen LogP contribution in [0.15, 0.2) is 36.9 Å². The molecule has 0 atom stereocenters. The highest BCUT2D eigenvalue weighted by molar-refractivity contribution is 5.86. The first-order valence-corrected chi connectivity index (χ1v) is 6.97. The third-order valence-corrected chi connectivity index (χ3v) is 3.80. The van der Waals surface area contributed by atoms with Crippen molar-refractivity contribution >= 4 is 16.8 Å². The molecule has 2 N–H and O–H groups in total. The van der Waals surface area contributed by atoms with Crippen LogP contribution < -0.4 is 5.32 Å². The van der Waals surface area contributed by atoms with Crippen LogP contribution in [0, 0.1) is 0 Å². The van der Waals surface area contributed by atoms with Crippen molar-refractivity contribution in [2.45, 2.75) is 13.0 Å². The van der Waals surface area contributed by atoms with Gasteiger partial charge in [0.2, 0.25) is 5.91 Å². The first-order valence-electron chi connectivity index (χ1n) is 6.97. The van der Waals surface area contributed by atoms with E-state index in [-0.39, 0.29) is 5.91 Å². The number of rotatable bonds is 4. The Bertz CT molecular complexity index is 644. The Labute approximate surface area is 118 Å². The maximum atomic E-state index is 12.2. The highest BCUT2D eigenvalue weighted by Gasteiger charge is 2.23. The van der Waals surface area contributed by atoms with Crippen molar-refractivity contribution in [2.75, 3.05) is 19.6 Å². The van der Waals surface area contributed by atoms with Gasteiger partial charge in [-0.05, 0) is 6.07 Å². The van der Waals surface area contributed by atoms with Crippen LogP contribution in [0.1, 0.15) is 11.3 Å². The molecule has 0 bridgehead atoms. The zero-order valence-corrected chi connectivity index (χ0v) is 11.5. The second-order valence-corrected chi connectivity index (χ2v) is 5.11. The van der Waals surface area contributed by atoms with Gasteiger partial charge in [0.05, 0.1) is 6.54 Å². The fraction of sp³-hybridized carbons (Fsp3) is 0.312. The molecule has 1 aliphatic rings. The van der Waals surface area contributed by atoms with Gasteiger partial charge in [-0.15, -0.1) is 6.58 Å². The second kappa shape index (κ2) is 5.51. The van der Waals surface area contributed by atoms with E-state index < -0.39 is 0 Å². The number of aromatic amines is 1. The summed E-state index contributed by atoms with van der Waals surface area (Å²) in [4.78, 5) is 17.5. The third kappa shape index (κ3) is 2.34. The molecule has 4 nitrogen and oxygen atoms in total. The number of hydrogen-bond donors (Lipinski definition) is 2. The van der Waals surface area contributed by atoms with Crippen LogP contribution in [0.25, 0.3) is 10.9 Å². The van der Waals surface area contributed by atoms with Crippen LogP contribution in [-0.2, 0) is 17.8 Å². The molecular formula is C16H19N3O. The zero-order chi connectivity index (χ0) is 13.9. The molecule has 0 saturated heterocycles. The SMILES string of the molecule is C=CCNCC(=O)N1CCc2[nH]c3ccccc3c2C1. The van der Waals surface area contributed by atoms with Gasteiger partial charge >= 0.3 is 0 Å². The second-order valence-electron chi connectivity index (χ2n) is 5.11. The molecule has 1 aromatic heterocycles.